The summed E-state index contributed by atoms with van der Waals surface area (Å²) in [7, 11) is -2.05. The molecule has 0 saturated carbocycles. The Hall–Kier alpha value is -3.54. The average molecular weight is 631 g/mol. The van der Waals surface area contributed by atoms with Gasteiger partial charge in [0, 0.05) is 30.1 Å². The van der Waals surface area contributed by atoms with Gasteiger partial charge in [0.05, 0.1) is 37.1 Å². The average Bonchev–Trinajstić information content (AvgIpc) is 3.40. The van der Waals surface area contributed by atoms with Crippen LogP contribution in [-0.4, -0.2) is 76.8 Å². The number of benzene rings is 1. The van der Waals surface area contributed by atoms with Gasteiger partial charge >= 0.3 is 12.1 Å². The Morgan fingerprint density at radius 1 is 1.07 bits per heavy atom. The van der Waals surface area contributed by atoms with Gasteiger partial charge in [-0.3, -0.25) is 4.79 Å². The van der Waals surface area contributed by atoms with E-state index in [-0.39, 0.29) is 24.7 Å². The first-order valence-corrected chi connectivity index (χ1v) is 19.8. The number of piperidine rings is 2. The van der Waals surface area contributed by atoms with Crippen LogP contribution >= 0.6 is 0 Å². The summed E-state index contributed by atoms with van der Waals surface area (Å²) in [6, 6.07) is 7.89. The first kappa shape index (κ1) is 30.1. The minimum atomic E-state index is -2.05. The van der Waals surface area contributed by atoms with Crippen molar-refractivity contribution in [3.05, 3.63) is 51.3 Å². The third kappa shape index (κ3) is 4.99. The summed E-state index contributed by atoms with van der Waals surface area (Å²) in [6.45, 7) is 12.4. The smallest absolute Gasteiger partial charge is 0.415 e. The number of aromatic nitrogens is 2. The van der Waals surface area contributed by atoms with E-state index in [0.29, 0.717) is 53.9 Å². The van der Waals surface area contributed by atoms with Crippen LogP contribution in [0.3, 0.4) is 0 Å². The number of aliphatic hydroxyl groups is 1. The van der Waals surface area contributed by atoms with Crippen LogP contribution in [-0.2, 0) is 28.3 Å². The summed E-state index contributed by atoms with van der Waals surface area (Å²) in [5.74, 6) is -0.249. The van der Waals surface area contributed by atoms with Gasteiger partial charge in [0.15, 0.2) is 5.60 Å². The Labute approximate surface area is 264 Å². The molecule has 1 aromatic carbocycles. The number of esters is 1. The molecule has 1 amide bonds. The lowest BCUT2D eigenvalue weighted by Crippen LogP contribution is -2.48. The number of carbonyl (C=O) groups is 2. The first-order chi connectivity index (χ1) is 21.5. The van der Waals surface area contributed by atoms with Crippen molar-refractivity contribution in [1.82, 2.24) is 19.4 Å². The molecule has 238 valence electrons. The highest BCUT2D eigenvalue weighted by Gasteiger charge is 2.46. The Bertz CT molecular complexity index is 1770. The van der Waals surface area contributed by atoms with E-state index in [1.165, 1.54) is 32.4 Å². The van der Waals surface area contributed by atoms with Crippen LogP contribution in [0.5, 0.6) is 5.75 Å². The van der Waals surface area contributed by atoms with Crippen LogP contribution in [0.2, 0.25) is 19.6 Å². The number of ether oxygens (including phenoxy) is 2. The van der Waals surface area contributed by atoms with Gasteiger partial charge in [-0.05, 0) is 80.2 Å². The number of carbonyl (C=O) groups excluding carboxylic acids is 2. The molecule has 6 heterocycles. The van der Waals surface area contributed by atoms with E-state index in [2.05, 4.69) is 24.5 Å². The highest BCUT2D eigenvalue weighted by atomic mass is 28.3. The maximum absolute atomic E-state index is 13.8. The molecule has 2 fully saturated rings. The van der Waals surface area contributed by atoms with Crippen molar-refractivity contribution in [3.63, 3.8) is 0 Å². The molecule has 1 N–H and O–H groups in total. The highest BCUT2D eigenvalue weighted by Crippen LogP contribution is 2.39. The number of hydrogen-bond donors (Lipinski definition) is 1. The summed E-state index contributed by atoms with van der Waals surface area (Å²) in [5, 5.41) is 13.3. The normalized spacial score (nSPS) is 22.2. The van der Waals surface area contributed by atoms with Gasteiger partial charge in [-0.1, -0.05) is 33.0 Å². The second-order valence-electron chi connectivity index (χ2n) is 14.0. The number of hydrogen-bond acceptors (Lipinski definition) is 8. The molecular weight excluding hydrogens is 588 g/mol. The SMILES string of the molecule is CC[C@]1(O)C(=O)OCc2c1cc1n(c2=O)Cc2c-1nc1ccc(OC(=O)N3CCC(N4CCCCC4)CC3)cc1c2[Si](C)(C)C. The summed E-state index contributed by atoms with van der Waals surface area (Å²) in [4.78, 5) is 49.0. The Morgan fingerprint density at radius 3 is 2.49 bits per heavy atom. The second-order valence-corrected chi connectivity index (χ2v) is 19.0. The van der Waals surface area contributed by atoms with Crippen molar-refractivity contribution in [3.8, 4) is 17.1 Å². The summed E-state index contributed by atoms with van der Waals surface area (Å²) >= 11 is 0. The van der Waals surface area contributed by atoms with Gasteiger partial charge in [0.25, 0.3) is 5.56 Å². The molecule has 1 atom stereocenters. The molecule has 0 aliphatic carbocycles. The van der Waals surface area contributed by atoms with E-state index in [4.69, 9.17) is 14.5 Å². The number of pyridine rings is 2. The van der Waals surface area contributed by atoms with Crippen LogP contribution in [0.25, 0.3) is 22.3 Å². The van der Waals surface area contributed by atoms with Gasteiger partial charge in [0.1, 0.15) is 12.4 Å². The summed E-state index contributed by atoms with van der Waals surface area (Å²) in [5.41, 5.74) is 1.48. The lowest BCUT2D eigenvalue weighted by Gasteiger charge is -2.39. The lowest BCUT2D eigenvalue weighted by atomic mass is 9.86. The molecular formula is C34H42N4O6Si. The molecule has 0 unspecified atom stereocenters. The number of fused-ring (bicyclic) bond motifs is 5. The van der Waals surface area contributed by atoms with Crippen molar-refractivity contribution >= 4 is 36.2 Å². The maximum atomic E-state index is 13.8. The summed E-state index contributed by atoms with van der Waals surface area (Å²) in [6.07, 6.45) is 5.58. The first-order valence-electron chi connectivity index (χ1n) is 16.3. The maximum Gasteiger partial charge on any atom is 0.415 e. The minimum Gasteiger partial charge on any atom is -0.458 e. The second kappa shape index (κ2) is 11.1. The molecule has 0 radical (unpaired) electrons. The molecule has 7 rings (SSSR count). The van der Waals surface area contributed by atoms with E-state index >= 15 is 0 Å². The van der Waals surface area contributed by atoms with Gasteiger partial charge in [0.2, 0.25) is 0 Å². The van der Waals surface area contributed by atoms with Crippen LogP contribution in [0.1, 0.15) is 62.1 Å². The lowest BCUT2D eigenvalue weighted by molar-refractivity contribution is -0.172. The molecule has 11 heteroatoms. The predicted molar refractivity (Wildman–Crippen MR) is 174 cm³/mol. The summed E-state index contributed by atoms with van der Waals surface area (Å²) < 4.78 is 12.9. The zero-order chi connectivity index (χ0) is 31.7. The van der Waals surface area contributed by atoms with Crippen molar-refractivity contribution in [2.45, 2.75) is 89.9 Å². The van der Waals surface area contributed by atoms with Gasteiger partial charge in [-0.2, -0.15) is 0 Å². The highest BCUT2D eigenvalue weighted by molar-refractivity contribution is 6.90. The van der Waals surface area contributed by atoms with Crippen molar-refractivity contribution in [2.24, 2.45) is 0 Å². The van der Waals surface area contributed by atoms with Gasteiger partial charge in [-0.15, -0.1) is 0 Å². The predicted octanol–water partition coefficient (Wildman–Crippen LogP) is 4.07. The Morgan fingerprint density at radius 2 is 1.80 bits per heavy atom. The van der Waals surface area contributed by atoms with E-state index in [1.807, 2.05) is 17.0 Å². The minimum absolute atomic E-state index is 0.0951. The number of nitrogens with zero attached hydrogens (tertiary/aromatic N) is 4. The monoisotopic (exact) mass is 630 g/mol. The number of amides is 1. The number of likely N-dealkylation sites (tertiary alicyclic amines) is 2. The van der Waals surface area contributed by atoms with Gasteiger partial charge in [-0.25, -0.2) is 14.6 Å². The Kier molecular flexibility index (Phi) is 7.41. The fourth-order valence-electron chi connectivity index (χ4n) is 7.84. The largest absolute Gasteiger partial charge is 0.458 e. The fourth-order valence-corrected chi connectivity index (χ4v) is 9.95. The standard InChI is InChI=1S/C34H42N4O6Si/c1-5-34(42)26-18-28-29-24(19-38(28)31(39)25(26)20-43-32(34)40)30(45(2,3)4)23-17-22(9-10-27(23)35-29)44-33(41)37-15-11-21(12-16-37)36-13-7-6-8-14-36/h9-10,17-18,21,42H,5-8,11-16,19-20H2,1-4H3/t34-/m1/s1. The number of cyclic esters (lactones) is 1. The van der Waals surface area contributed by atoms with Crippen LogP contribution in [0.15, 0.2) is 29.1 Å². The van der Waals surface area contributed by atoms with Crippen LogP contribution in [0.4, 0.5) is 4.79 Å². The van der Waals surface area contributed by atoms with E-state index < -0.39 is 19.6 Å². The zero-order valence-electron chi connectivity index (χ0n) is 26.6. The topological polar surface area (TPSA) is 114 Å². The van der Waals surface area contributed by atoms with Crippen molar-refractivity contribution in [2.75, 3.05) is 26.2 Å². The van der Waals surface area contributed by atoms with Crippen LogP contribution < -0.4 is 15.5 Å². The third-order valence-electron chi connectivity index (χ3n) is 10.2. The molecule has 0 bridgehead atoms. The third-order valence-corrected chi connectivity index (χ3v) is 12.3. The Balaban J connectivity index is 1.21. The molecule has 2 saturated heterocycles. The molecule has 4 aliphatic heterocycles. The van der Waals surface area contributed by atoms with Crippen molar-refractivity contribution in [1.29, 1.82) is 0 Å². The quantitative estimate of drug-likeness (QED) is 0.265. The van der Waals surface area contributed by atoms with Gasteiger partial charge < -0.3 is 28.9 Å². The van der Waals surface area contributed by atoms with Crippen LogP contribution in [0, 0.1) is 0 Å². The van der Waals surface area contributed by atoms with E-state index in [0.717, 1.165) is 34.5 Å². The molecule has 4 aliphatic rings. The molecule has 2 aromatic heterocycles. The molecule has 3 aromatic rings. The molecule has 45 heavy (non-hydrogen) atoms. The zero-order valence-corrected chi connectivity index (χ0v) is 27.6. The fraction of sp³-hybridized carbons (Fsp3) is 0.529. The van der Waals surface area contributed by atoms with E-state index in [1.54, 1.807) is 23.6 Å². The number of rotatable bonds is 4. The molecule has 0 spiro atoms. The van der Waals surface area contributed by atoms with E-state index in [9.17, 15) is 19.5 Å². The van der Waals surface area contributed by atoms with Crippen molar-refractivity contribution < 1.29 is 24.2 Å². The molecule has 10 nitrogen and oxygen atoms in total.